The summed E-state index contributed by atoms with van der Waals surface area (Å²) in [6.45, 7) is 2.00. The minimum Gasteiger partial charge on any atom is -0.309 e. The number of nitrogens with zero attached hydrogens (tertiary/aromatic N) is 1. The van der Waals surface area contributed by atoms with Gasteiger partial charge in [0, 0.05) is 7.05 Å². The molecule has 1 heterocycles. The molecule has 2 amide bonds. The molecule has 0 radical (unpaired) electrons. The van der Waals surface area contributed by atoms with Gasteiger partial charge in [0.25, 0.3) is 0 Å². The SMILES string of the molecule is CNC(=O)[N+]1(C)CC1. The summed E-state index contributed by atoms with van der Waals surface area (Å²) in [5.74, 6) is 0. The highest BCUT2D eigenvalue weighted by atomic mass is 16.2. The van der Waals surface area contributed by atoms with Crippen LogP contribution in [0.5, 0.6) is 0 Å². The van der Waals surface area contributed by atoms with E-state index >= 15 is 0 Å². The molecule has 8 heavy (non-hydrogen) atoms. The van der Waals surface area contributed by atoms with Crippen molar-refractivity contribution in [1.29, 1.82) is 0 Å². The molecule has 0 aromatic heterocycles. The van der Waals surface area contributed by atoms with Crippen molar-refractivity contribution in [2.24, 2.45) is 0 Å². The lowest BCUT2D eigenvalue weighted by atomic mass is 10.8. The van der Waals surface area contributed by atoms with E-state index in [2.05, 4.69) is 5.32 Å². The van der Waals surface area contributed by atoms with Crippen LogP contribution in [0.4, 0.5) is 4.79 Å². The molecule has 1 fully saturated rings. The van der Waals surface area contributed by atoms with Gasteiger partial charge in [0.2, 0.25) is 0 Å². The predicted octanol–water partition coefficient (Wildman–Crippen LogP) is -0.214. The van der Waals surface area contributed by atoms with Crippen molar-refractivity contribution in [2.75, 3.05) is 27.2 Å². The molecule has 0 aromatic rings. The van der Waals surface area contributed by atoms with Crippen molar-refractivity contribution in [3.05, 3.63) is 0 Å². The van der Waals surface area contributed by atoms with Crippen LogP contribution < -0.4 is 5.32 Å². The molecule has 1 rings (SSSR count). The van der Waals surface area contributed by atoms with Crippen LogP contribution in [0.25, 0.3) is 0 Å². The van der Waals surface area contributed by atoms with E-state index in [1.54, 1.807) is 7.05 Å². The van der Waals surface area contributed by atoms with Gasteiger partial charge in [-0.1, -0.05) is 0 Å². The van der Waals surface area contributed by atoms with Gasteiger partial charge in [-0.05, 0) is 0 Å². The Balaban J connectivity index is 2.46. The Morgan fingerprint density at radius 2 is 2.12 bits per heavy atom. The Labute approximate surface area is 48.9 Å². The average Bonchev–Trinajstić information content (AvgIpc) is 2.47. The van der Waals surface area contributed by atoms with Gasteiger partial charge in [0.05, 0.1) is 7.05 Å². The number of quaternary nitrogens is 1. The van der Waals surface area contributed by atoms with E-state index in [0.29, 0.717) is 4.48 Å². The van der Waals surface area contributed by atoms with Crippen molar-refractivity contribution in [3.8, 4) is 0 Å². The zero-order chi connectivity index (χ0) is 6.20. The monoisotopic (exact) mass is 115 g/mol. The second kappa shape index (κ2) is 1.45. The minimum absolute atomic E-state index is 0.130. The van der Waals surface area contributed by atoms with Crippen LogP contribution in [0.1, 0.15) is 0 Å². The third-order valence-corrected chi connectivity index (χ3v) is 1.60. The zero-order valence-electron chi connectivity index (χ0n) is 5.27. The first-order valence-corrected chi connectivity index (χ1v) is 2.76. The van der Waals surface area contributed by atoms with E-state index < -0.39 is 0 Å². The van der Waals surface area contributed by atoms with Gasteiger partial charge in [-0.15, -0.1) is 0 Å². The van der Waals surface area contributed by atoms with Gasteiger partial charge in [0.15, 0.2) is 0 Å². The van der Waals surface area contributed by atoms with E-state index in [4.69, 9.17) is 0 Å². The fourth-order valence-corrected chi connectivity index (χ4v) is 0.623. The highest BCUT2D eigenvalue weighted by Crippen LogP contribution is 2.15. The molecule has 0 atom stereocenters. The van der Waals surface area contributed by atoms with E-state index in [0.717, 1.165) is 13.1 Å². The fraction of sp³-hybridized carbons (Fsp3) is 0.800. The van der Waals surface area contributed by atoms with Gasteiger partial charge < -0.3 is 5.32 Å². The smallest absolute Gasteiger partial charge is 0.309 e. The molecule has 0 aromatic carbocycles. The number of hydrogen-bond acceptors (Lipinski definition) is 1. The molecule has 0 spiro atoms. The largest absolute Gasteiger partial charge is 0.416 e. The summed E-state index contributed by atoms with van der Waals surface area (Å²) in [6.07, 6.45) is 0. The van der Waals surface area contributed by atoms with Gasteiger partial charge in [0.1, 0.15) is 13.1 Å². The van der Waals surface area contributed by atoms with Crippen LogP contribution in [0.3, 0.4) is 0 Å². The summed E-state index contributed by atoms with van der Waals surface area (Å²) < 4.78 is 0.580. The molecule has 1 saturated heterocycles. The summed E-state index contributed by atoms with van der Waals surface area (Å²) in [4.78, 5) is 10.8. The van der Waals surface area contributed by atoms with Gasteiger partial charge >= 0.3 is 6.03 Å². The molecule has 0 saturated carbocycles. The highest BCUT2D eigenvalue weighted by molar-refractivity contribution is 5.67. The van der Waals surface area contributed by atoms with Crippen LogP contribution in [0.15, 0.2) is 0 Å². The van der Waals surface area contributed by atoms with Crippen molar-refractivity contribution >= 4 is 6.03 Å². The molecule has 0 bridgehead atoms. The standard InChI is InChI=1S/C5H10N2O/c1-6-5(8)7(2)3-4-7/h3-4H2,1-2H3/p+1. The molecule has 0 aliphatic carbocycles. The quantitative estimate of drug-likeness (QED) is 0.343. The lowest BCUT2D eigenvalue weighted by molar-refractivity contribution is -0.687. The normalized spacial score (nSPS) is 22.2. The van der Waals surface area contributed by atoms with E-state index in [9.17, 15) is 4.79 Å². The van der Waals surface area contributed by atoms with Gasteiger partial charge in [-0.3, -0.25) is 0 Å². The lowest BCUT2D eigenvalue weighted by Gasteiger charge is -2.05. The molecule has 3 heteroatoms. The van der Waals surface area contributed by atoms with Crippen LogP contribution >= 0.6 is 0 Å². The number of amides is 2. The maximum atomic E-state index is 10.8. The second-order valence-corrected chi connectivity index (χ2v) is 2.40. The Bertz CT molecular complexity index is 118. The minimum atomic E-state index is 0.130. The summed E-state index contributed by atoms with van der Waals surface area (Å²) in [5, 5.41) is 2.60. The number of rotatable bonds is 0. The summed E-state index contributed by atoms with van der Waals surface area (Å²) in [5.41, 5.74) is 0. The second-order valence-electron chi connectivity index (χ2n) is 2.40. The lowest BCUT2D eigenvalue weighted by Crippen LogP contribution is -2.36. The Morgan fingerprint density at radius 1 is 1.62 bits per heavy atom. The molecular weight excluding hydrogens is 104 g/mol. The Kier molecular flexibility index (Phi) is 1.01. The molecule has 1 aliphatic heterocycles. The van der Waals surface area contributed by atoms with Gasteiger partial charge in [-0.2, -0.15) is 0 Å². The number of carbonyl (C=O) groups excluding carboxylic acids is 1. The number of nitrogens with one attached hydrogen (secondary N) is 1. The first-order valence-electron chi connectivity index (χ1n) is 2.76. The van der Waals surface area contributed by atoms with Gasteiger partial charge in [-0.25, -0.2) is 9.28 Å². The molecule has 46 valence electrons. The van der Waals surface area contributed by atoms with Crippen molar-refractivity contribution in [1.82, 2.24) is 5.32 Å². The highest BCUT2D eigenvalue weighted by Gasteiger charge is 2.44. The maximum absolute atomic E-state index is 10.8. The fourth-order valence-electron chi connectivity index (χ4n) is 0.623. The van der Waals surface area contributed by atoms with Crippen LogP contribution in [-0.2, 0) is 0 Å². The number of urea groups is 1. The number of hydrogen-bond donors (Lipinski definition) is 1. The molecular formula is C5H11N2O+. The summed E-state index contributed by atoms with van der Waals surface area (Å²) in [7, 11) is 3.60. The van der Waals surface area contributed by atoms with Crippen molar-refractivity contribution in [3.63, 3.8) is 0 Å². The van der Waals surface area contributed by atoms with E-state index in [1.165, 1.54) is 0 Å². The average molecular weight is 115 g/mol. The first kappa shape index (κ1) is 5.56. The molecule has 1 aliphatic rings. The number of carbonyl (C=O) groups is 1. The summed E-state index contributed by atoms with van der Waals surface area (Å²) in [6, 6.07) is 0.130. The zero-order valence-corrected chi connectivity index (χ0v) is 5.27. The third-order valence-electron chi connectivity index (χ3n) is 1.60. The van der Waals surface area contributed by atoms with E-state index in [-0.39, 0.29) is 6.03 Å². The predicted molar refractivity (Wildman–Crippen MR) is 30.4 cm³/mol. The maximum Gasteiger partial charge on any atom is 0.416 e. The molecule has 1 N–H and O–H groups in total. The Hall–Kier alpha value is -0.570. The summed E-state index contributed by atoms with van der Waals surface area (Å²) >= 11 is 0. The van der Waals surface area contributed by atoms with Crippen molar-refractivity contribution in [2.45, 2.75) is 0 Å². The Morgan fingerprint density at radius 3 is 2.25 bits per heavy atom. The topological polar surface area (TPSA) is 29.1 Å². The van der Waals surface area contributed by atoms with Crippen LogP contribution in [0, 0.1) is 0 Å². The first-order chi connectivity index (χ1) is 3.69. The molecule has 3 nitrogen and oxygen atoms in total. The van der Waals surface area contributed by atoms with Crippen LogP contribution in [0.2, 0.25) is 0 Å². The molecule has 0 unspecified atom stereocenters. The number of likely N-dealkylation sites (N-methyl/N-ethyl adjacent to an activating group) is 1. The van der Waals surface area contributed by atoms with Crippen molar-refractivity contribution < 1.29 is 9.28 Å². The van der Waals surface area contributed by atoms with Crippen LogP contribution in [-0.4, -0.2) is 37.7 Å². The third kappa shape index (κ3) is 0.690. The van der Waals surface area contributed by atoms with E-state index in [1.807, 2.05) is 7.05 Å².